The van der Waals surface area contributed by atoms with E-state index < -0.39 is 0 Å². The highest BCUT2D eigenvalue weighted by Crippen LogP contribution is 2.39. The van der Waals surface area contributed by atoms with Crippen LogP contribution in [0.5, 0.6) is 11.5 Å². The van der Waals surface area contributed by atoms with Gasteiger partial charge < -0.3 is 21.3 Å². The lowest BCUT2D eigenvalue weighted by Gasteiger charge is -2.32. The number of phenols is 2. The summed E-state index contributed by atoms with van der Waals surface area (Å²) in [6, 6.07) is 9.57. The summed E-state index contributed by atoms with van der Waals surface area (Å²) in [7, 11) is 0. The predicted molar refractivity (Wildman–Crippen MR) is 138 cm³/mol. The molecule has 0 unspecified atom stereocenters. The normalized spacial score (nSPS) is 14.6. The molecule has 2 aromatic carbocycles. The number of hydrogen-bond donors (Lipinski definition) is 4. The third kappa shape index (κ3) is 6.72. The summed E-state index contributed by atoms with van der Waals surface area (Å²) in [6.07, 6.45) is 7.95. The second kappa shape index (κ2) is 12.4. The van der Waals surface area contributed by atoms with Gasteiger partial charge in [-0.05, 0) is 68.0 Å². The van der Waals surface area contributed by atoms with Gasteiger partial charge in [0.05, 0.1) is 0 Å². The van der Waals surface area contributed by atoms with Crippen molar-refractivity contribution in [3.63, 3.8) is 0 Å². The van der Waals surface area contributed by atoms with E-state index in [1.807, 2.05) is 36.4 Å². The van der Waals surface area contributed by atoms with Crippen LogP contribution in [0.4, 0.5) is 0 Å². The van der Waals surface area contributed by atoms with Crippen LogP contribution in [-0.2, 0) is 24.2 Å². The highest BCUT2D eigenvalue weighted by molar-refractivity contribution is 5.78. The number of likely N-dealkylation sites (tertiary alicyclic amines) is 1. The number of nitrogens with two attached hydrogens (primary N) is 1. The maximum absolute atomic E-state index is 12.0. The third-order valence-electron chi connectivity index (χ3n) is 6.31. The number of aromatic hydroxyl groups is 2. The molecule has 3 rings (SSSR count). The molecular weight excluding hydrogens is 426 g/mol. The fourth-order valence-electron chi connectivity index (χ4n) is 4.50. The maximum atomic E-state index is 12.0. The molecule has 0 atom stereocenters. The smallest absolute Gasteiger partial charge is 0.220 e. The first-order valence-electron chi connectivity index (χ1n) is 12.1. The van der Waals surface area contributed by atoms with Crippen LogP contribution < -0.4 is 11.1 Å². The molecule has 6 nitrogen and oxygen atoms in total. The summed E-state index contributed by atoms with van der Waals surface area (Å²) in [4.78, 5) is 14.3. The Morgan fingerprint density at radius 3 is 2.41 bits per heavy atom. The van der Waals surface area contributed by atoms with Crippen molar-refractivity contribution < 1.29 is 15.0 Å². The molecule has 34 heavy (non-hydrogen) atoms. The molecule has 1 aliphatic rings. The Hall–Kier alpha value is -3.09. The Balaban J connectivity index is 1.77. The molecule has 5 N–H and O–H groups in total. The number of amides is 1. The number of rotatable bonds is 11. The van der Waals surface area contributed by atoms with Gasteiger partial charge in [0.25, 0.3) is 0 Å². The maximum Gasteiger partial charge on any atom is 0.220 e. The molecule has 1 saturated heterocycles. The van der Waals surface area contributed by atoms with Gasteiger partial charge in [0.1, 0.15) is 11.5 Å². The first kappa shape index (κ1) is 25.5. The summed E-state index contributed by atoms with van der Waals surface area (Å²) in [5, 5.41) is 24.9. The molecule has 0 bridgehead atoms. The van der Waals surface area contributed by atoms with Gasteiger partial charge >= 0.3 is 0 Å². The number of piperidine rings is 1. The number of benzene rings is 2. The van der Waals surface area contributed by atoms with Gasteiger partial charge in [-0.2, -0.15) is 0 Å². The van der Waals surface area contributed by atoms with Crippen molar-refractivity contribution in [1.29, 1.82) is 0 Å². The zero-order valence-corrected chi connectivity index (χ0v) is 19.9. The van der Waals surface area contributed by atoms with Crippen molar-refractivity contribution in [1.82, 2.24) is 10.2 Å². The number of nitrogens with one attached hydrogen (secondary N) is 1. The summed E-state index contributed by atoms with van der Waals surface area (Å²) in [5.41, 5.74) is 9.61. The summed E-state index contributed by atoms with van der Waals surface area (Å²) < 4.78 is 0. The van der Waals surface area contributed by atoms with Crippen molar-refractivity contribution in [3.8, 4) is 22.6 Å². The van der Waals surface area contributed by atoms with Crippen LogP contribution >= 0.6 is 0 Å². The van der Waals surface area contributed by atoms with Crippen molar-refractivity contribution in [3.05, 3.63) is 72.3 Å². The zero-order chi connectivity index (χ0) is 24.5. The number of allylic oxidation sites excluding steroid dienone is 2. The molecule has 2 aromatic rings. The third-order valence-corrected chi connectivity index (χ3v) is 6.31. The van der Waals surface area contributed by atoms with Crippen LogP contribution in [0.2, 0.25) is 0 Å². The van der Waals surface area contributed by atoms with Gasteiger partial charge in [-0.15, -0.1) is 13.2 Å². The second-order valence-electron chi connectivity index (χ2n) is 9.00. The molecular formula is C28H37N3O3. The minimum atomic E-state index is 0.0711. The highest BCUT2D eigenvalue weighted by atomic mass is 16.3. The first-order chi connectivity index (χ1) is 16.4. The standard InChI is InChI=1S/C28H37N3O3/c1-3-6-20-9-10-26(32)24(17-20)25-18-21(7-4-2)16-22(28(25)34)19-31-14-11-23(12-15-31)30-27(33)8-5-13-29/h3-4,9-10,16-18,23,32,34H,1-2,5-8,11-15,19,29H2,(H,30,33). The van der Waals surface area contributed by atoms with Crippen molar-refractivity contribution in [2.75, 3.05) is 19.6 Å². The Morgan fingerprint density at radius 1 is 1.06 bits per heavy atom. The topological polar surface area (TPSA) is 98.8 Å². The molecule has 1 fully saturated rings. The van der Waals surface area contributed by atoms with Gasteiger partial charge in [-0.3, -0.25) is 9.69 Å². The van der Waals surface area contributed by atoms with E-state index in [0.717, 1.165) is 42.6 Å². The largest absolute Gasteiger partial charge is 0.507 e. The van der Waals surface area contributed by atoms with E-state index in [9.17, 15) is 15.0 Å². The number of carbonyl (C=O) groups excluding carboxylic acids is 1. The van der Waals surface area contributed by atoms with Crippen LogP contribution in [0.25, 0.3) is 11.1 Å². The van der Waals surface area contributed by atoms with Crippen LogP contribution in [0.3, 0.4) is 0 Å². The monoisotopic (exact) mass is 463 g/mol. The van der Waals surface area contributed by atoms with E-state index >= 15 is 0 Å². The number of nitrogens with zero attached hydrogens (tertiary/aromatic N) is 1. The van der Waals surface area contributed by atoms with Crippen LogP contribution in [0, 0.1) is 0 Å². The van der Waals surface area contributed by atoms with E-state index in [1.165, 1.54) is 0 Å². The van der Waals surface area contributed by atoms with Crippen LogP contribution in [0.15, 0.2) is 55.6 Å². The van der Waals surface area contributed by atoms with E-state index in [2.05, 4.69) is 23.4 Å². The van der Waals surface area contributed by atoms with Crippen LogP contribution in [-0.4, -0.2) is 46.7 Å². The van der Waals surface area contributed by atoms with Gasteiger partial charge in [0.2, 0.25) is 5.91 Å². The lowest BCUT2D eigenvalue weighted by Crippen LogP contribution is -2.44. The van der Waals surface area contributed by atoms with Gasteiger partial charge in [-0.25, -0.2) is 0 Å². The van der Waals surface area contributed by atoms with E-state index in [4.69, 9.17) is 5.73 Å². The van der Waals surface area contributed by atoms with Gasteiger partial charge in [-0.1, -0.05) is 24.3 Å². The molecule has 0 aliphatic carbocycles. The van der Waals surface area contributed by atoms with Crippen molar-refractivity contribution in [2.45, 2.75) is 51.1 Å². The van der Waals surface area contributed by atoms with Crippen LogP contribution in [0.1, 0.15) is 42.4 Å². The zero-order valence-electron chi connectivity index (χ0n) is 19.9. The Labute approximate surface area is 202 Å². The van der Waals surface area contributed by atoms with E-state index in [-0.39, 0.29) is 23.4 Å². The fourth-order valence-corrected chi connectivity index (χ4v) is 4.50. The first-order valence-corrected chi connectivity index (χ1v) is 12.1. The SMILES string of the molecule is C=CCc1ccc(O)c(-c2cc(CC=C)cc(CN3CCC(NC(=O)CCCN)CC3)c2O)c1. The number of phenolic OH excluding ortho intramolecular Hbond substituents is 2. The van der Waals surface area contributed by atoms with E-state index in [0.29, 0.717) is 49.9 Å². The molecule has 0 spiro atoms. The quantitative estimate of drug-likeness (QED) is 0.377. The average Bonchev–Trinajstić information content (AvgIpc) is 2.82. The van der Waals surface area contributed by atoms with Crippen molar-refractivity contribution >= 4 is 5.91 Å². The Morgan fingerprint density at radius 2 is 1.74 bits per heavy atom. The highest BCUT2D eigenvalue weighted by Gasteiger charge is 2.23. The lowest BCUT2D eigenvalue weighted by molar-refractivity contribution is -0.122. The average molecular weight is 464 g/mol. The minimum Gasteiger partial charge on any atom is -0.507 e. The molecule has 182 valence electrons. The Kier molecular flexibility index (Phi) is 9.31. The molecule has 1 amide bonds. The van der Waals surface area contributed by atoms with Gasteiger partial charge in [0.15, 0.2) is 0 Å². The number of hydrogen-bond acceptors (Lipinski definition) is 5. The molecule has 0 aromatic heterocycles. The molecule has 6 heteroatoms. The fraction of sp³-hybridized carbons (Fsp3) is 0.393. The van der Waals surface area contributed by atoms with E-state index in [1.54, 1.807) is 6.07 Å². The summed E-state index contributed by atoms with van der Waals surface area (Å²) in [6.45, 7) is 10.5. The Bertz CT molecular complexity index is 1010. The molecule has 1 heterocycles. The summed E-state index contributed by atoms with van der Waals surface area (Å²) in [5.74, 6) is 0.397. The molecule has 0 radical (unpaired) electrons. The molecule has 0 saturated carbocycles. The second-order valence-corrected chi connectivity index (χ2v) is 9.00. The minimum absolute atomic E-state index is 0.0711. The molecule has 1 aliphatic heterocycles. The lowest BCUT2D eigenvalue weighted by atomic mass is 9.94. The summed E-state index contributed by atoms with van der Waals surface area (Å²) >= 11 is 0. The predicted octanol–water partition coefficient (Wildman–Crippen LogP) is 4.04. The van der Waals surface area contributed by atoms with Crippen molar-refractivity contribution in [2.24, 2.45) is 5.73 Å². The van der Waals surface area contributed by atoms with Gasteiger partial charge in [0, 0.05) is 48.8 Å². The number of carbonyl (C=O) groups is 1.